The molecule has 17 heavy (non-hydrogen) atoms. The lowest BCUT2D eigenvalue weighted by Crippen LogP contribution is -2.14. The normalized spacial score (nSPS) is 9.41. The average Bonchev–Trinajstić information content (AvgIpc) is 2.32. The van der Waals surface area contributed by atoms with Gasteiger partial charge in [0.2, 0.25) is 5.91 Å². The molecule has 0 aliphatic heterocycles. The Kier molecular flexibility index (Phi) is 6.05. The largest absolute Gasteiger partial charge is 0.494 e. The lowest BCUT2D eigenvalue weighted by Gasteiger charge is -2.06. The van der Waals surface area contributed by atoms with Crippen LogP contribution in [0.25, 0.3) is 0 Å². The van der Waals surface area contributed by atoms with E-state index in [2.05, 4.69) is 11.2 Å². The highest BCUT2D eigenvalue weighted by atomic mass is 32.2. The first-order chi connectivity index (χ1) is 8.26. The Hall–Kier alpha value is -1.60. The third-order valence-electron chi connectivity index (χ3n) is 1.87. The van der Waals surface area contributed by atoms with Crippen LogP contribution in [0.4, 0.5) is 5.69 Å². The molecule has 0 bridgehead atoms. The maximum atomic E-state index is 11.5. The summed E-state index contributed by atoms with van der Waals surface area (Å²) in [6.07, 6.45) is 5.10. The van der Waals surface area contributed by atoms with E-state index in [1.165, 1.54) is 11.8 Å². The molecule has 0 saturated heterocycles. The van der Waals surface area contributed by atoms with Crippen LogP contribution in [0.1, 0.15) is 6.92 Å². The van der Waals surface area contributed by atoms with E-state index in [0.717, 1.165) is 11.4 Å². The van der Waals surface area contributed by atoms with Crippen LogP contribution in [0.5, 0.6) is 5.75 Å². The van der Waals surface area contributed by atoms with Gasteiger partial charge in [-0.1, -0.05) is 5.92 Å². The molecule has 1 rings (SSSR count). The van der Waals surface area contributed by atoms with Gasteiger partial charge >= 0.3 is 0 Å². The summed E-state index contributed by atoms with van der Waals surface area (Å²) in [7, 11) is 0. The quantitative estimate of drug-likeness (QED) is 0.621. The van der Waals surface area contributed by atoms with Gasteiger partial charge in [-0.05, 0) is 31.2 Å². The molecule has 0 aliphatic rings. The number of thioether (sulfide) groups is 1. The monoisotopic (exact) mass is 249 g/mol. The van der Waals surface area contributed by atoms with Crippen molar-refractivity contribution in [1.29, 1.82) is 0 Å². The minimum Gasteiger partial charge on any atom is -0.494 e. The Morgan fingerprint density at radius 2 is 2.18 bits per heavy atom. The number of rotatable bonds is 6. The first kappa shape index (κ1) is 13.5. The lowest BCUT2D eigenvalue weighted by molar-refractivity contribution is -0.113. The fraction of sp³-hybridized carbons (Fsp3) is 0.308. The third-order valence-corrected chi connectivity index (χ3v) is 2.70. The van der Waals surface area contributed by atoms with Gasteiger partial charge in [-0.3, -0.25) is 4.79 Å². The molecular weight excluding hydrogens is 234 g/mol. The first-order valence-corrected chi connectivity index (χ1v) is 6.45. The number of hydrogen-bond acceptors (Lipinski definition) is 3. The predicted octanol–water partition coefficient (Wildman–Crippen LogP) is 2.39. The van der Waals surface area contributed by atoms with Crippen LogP contribution in [-0.4, -0.2) is 24.0 Å². The van der Waals surface area contributed by atoms with Crippen molar-refractivity contribution < 1.29 is 9.53 Å². The van der Waals surface area contributed by atoms with Gasteiger partial charge in [0.15, 0.2) is 0 Å². The fourth-order valence-electron chi connectivity index (χ4n) is 1.20. The summed E-state index contributed by atoms with van der Waals surface area (Å²) in [4.78, 5) is 11.5. The van der Waals surface area contributed by atoms with Crippen LogP contribution in [0, 0.1) is 12.3 Å². The Balaban J connectivity index is 2.40. The number of ether oxygens (including phenoxy) is 1. The van der Waals surface area contributed by atoms with Gasteiger partial charge in [0, 0.05) is 5.69 Å². The smallest absolute Gasteiger partial charge is 0.234 e. The highest BCUT2D eigenvalue weighted by molar-refractivity contribution is 8.00. The summed E-state index contributed by atoms with van der Waals surface area (Å²) in [5.74, 6) is 4.15. The van der Waals surface area contributed by atoms with E-state index in [1.54, 1.807) is 0 Å². The van der Waals surface area contributed by atoms with Crippen molar-refractivity contribution in [3.8, 4) is 18.1 Å². The van der Waals surface area contributed by atoms with Crippen molar-refractivity contribution in [2.24, 2.45) is 0 Å². The van der Waals surface area contributed by atoms with Crippen LogP contribution in [0.3, 0.4) is 0 Å². The molecule has 0 radical (unpaired) electrons. The Morgan fingerprint density at radius 1 is 1.47 bits per heavy atom. The minimum absolute atomic E-state index is 0.0468. The number of amides is 1. The summed E-state index contributed by atoms with van der Waals surface area (Å²) in [5, 5.41) is 2.79. The molecule has 0 heterocycles. The predicted molar refractivity (Wildman–Crippen MR) is 72.4 cm³/mol. The molecule has 90 valence electrons. The molecule has 0 spiro atoms. The van der Waals surface area contributed by atoms with Crippen LogP contribution < -0.4 is 10.1 Å². The Bertz CT molecular complexity index is 395. The Morgan fingerprint density at radius 3 is 2.76 bits per heavy atom. The van der Waals surface area contributed by atoms with Crippen molar-refractivity contribution in [3.63, 3.8) is 0 Å². The molecule has 0 aliphatic carbocycles. The van der Waals surface area contributed by atoms with Gasteiger partial charge in [-0.15, -0.1) is 18.2 Å². The molecule has 1 aromatic rings. The van der Waals surface area contributed by atoms with E-state index in [0.29, 0.717) is 18.1 Å². The summed E-state index contributed by atoms with van der Waals surface area (Å²) >= 11 is 1.42. The second-order valence-corrected chi connectivity index (χ2v) is 4.19. The number of terminal acetylenes is 1. The summed E-state index contributed by atoms with van der Waals surface area (Å²) in [6.45, 7) is 2.56. The fourth-order valence-corrected chi connectivity index (χ4v) is 1.68. The van der Waals surface area contributed by atoms with E-state index in [9.17, 15) is 4.79 Å². The van der Waals surface area contributed by atoms with Crippen molar-refractivity contribution in [1.82, 2.24) is 0 Å². The molecule has 3 nitrogen and oxygen atoms in total. The van der Waals surface area contributed by atoms with E-state index >= 15 is 0 Å². The molecule has 1 amide bonds. The van der Waals surface area contributed by atoms with Crippen molar-refractivity contribution in [3.05, 3.63) is 24.3 Å². The number of benzene rings is 1. The summed E-state index contributed by atoms with van der Waals surface area (Å²) in [5.41, 5.74) is 0.764. The van der Waals surface area contributed by atoms with Gasteiger partial charge in [0.05, 0.1) is 18.1 Å². The van der Waals surface area contributed by atoms with Crippen LogP contribution in [-0.2, 0) is 4.79 Å². The first-order valence-electron chi connectivity index (χ1n) is 5.30. The number of carbonyl (C=O) groups excluding carboxylic acids is 1. The van der Waals surface area contributed by atoms with E-state index < -0.39 is 0 Å². The number of anilines is 1. The molecule has 0 aromatic heterocycles. The molecule has 4 heteroatoms. The van der Waals surface area contributed by atoms with E-state index in [4.69, 9.17) is 11.2 Å². The maximum absolute atomic E-state index is 11.5. The zero-order valence-corrected chi connectivity index (χ0v) is 10.5. The van der Waals surface area contributed by atoms with Gasteiger partial charge in [0.1, 0.15) is 5.75 Å². The standard InChI is InChI=1S/C13H15NO2S/c1-3-9-17-10-13(15)14-11-5-7-12(8-6-11)16-4-2/h1,5-8H,4,9-10H2,2H3,(H,14,15). The van der Waals surface area contributed by atoms with Crippen molar-refractivity contribution in [2.45, 2.75) is 6.92 Å². The third kappa shape index (κ3) is 5.32. The number of carbonyl (C=O) groups is 1. The SMILES string of the molecule is C#CCSCC(=O)Nc1ccc(OCC)cc1. The van der Waals surface area contributed by atoms with Gasteiger partial charge < -0.3 is 10.1 Å². The number of hydrogen-bond donors (Lipinski definition) is 1. The molecule has 0 unspecified atom stereocenters. The average molecular weight is 249 g/mol. The van der Waals surface area contributed by atoms with Gasteiger partial charge in [-0.25, -0.2) is 0 Å². The second-order valence-electron chi connectivity index (χ2n) is 3.20. The van der Waals surface area contributed by atoms with Crippen molar-refractivity contribution in [2.75, 3.05) is 23.4 Å². The summed E-state index contributed by atoms with van der Waals surface area (Å²) in [6, 6.07) is 7.28. The van der Waals surface area contributed by atoms with Crippen LogP contribution in [0.2, 0.25) is 0 Å². The maximum Gasteiger partial charge on any atom is 0.234 e. The van der Waals surface area contributed by atoms with Crippen LogP contribution >= 0.6 is 11.8 Å². The zero-order chi connectivity index (χ0) is 12.5. The molecule has 0 atom stereocenters. The Labute approximate surface area is 106 Å². The highest BCUT2D eigenvalue weighted by Crippen LogP contribution is 2.15. The topological polar surface area (TPSA) is 38.3 Å². The molecule has 0 saturated carbocycles. The molecule has 0 fully saturated rings. The minimum atomic E-state index is -0.0468. The van der Waals surface area contributed by atoms with E-state index in [-0.39, 0.29) is 5.91 Å². The van der Waals surface area contributed by atoms with E-state index in [1.807, 2.05) is 31.2 Å². The lowest BCUT2D eigenvalue weighted by atomic mass is 10.3. The second kappa shape index (κ2) is 7.64. The number of nitrogens with one attached hydrogen (secondary N) is 1. The van der Waals surface area contributed by atoms with Crippen LogP contribution in [0.15, 0.2) is 24.3 Å². The summed E-state index contributed by atoms with van der Waals surface area (Å²) < 4.78 is 5.31. The molecular formula is C13H15NO2S. The molecule has 1 N–H and O–H groups in total. The van der Waals surface area contributed by atoms with Gasteiger partial charge in [0.25, 0.3) is 0 Å². The van der Waals surface area contributed by atoms with Crippen molar-refractivity contribution >= 4 is 23.4 Å². The highest BCUT2D eigenvalue weighted by Gasteiger charge is 2.02. The molecule has 1 aromatic carbocycles. The van der Waals surface area contributed by atoms with Gasteiger partial charge in [-0.2, -0.15) is 0 Å². The zero-order valence-electron chi connectivity index (χ0n) is 9.73.